The summed E-state index contributed by atoms with van der Waals surface area (Å²) in [5.74, 6) is 0. The summed E-state index contributed by atoms with van der Waals surface area (Å²) in [5, 5.41) is 2.12. The van der Waals surface area contributed by atoms with Crippen LogP contribution in [0.15, 0.2) is 35.7 Å². The average Bonchev–Trinajstić information content (AvgIpc) is 2.90. The van der Waals surface area contributed by atoms with Crippen molar-refractivity contribution >= 4 is 11.3 Å². The first-order chi connectivity index (χ1) is 9.15. The van der Waals surface area contributed by atoms with Gasteiger partial charge in [0.1, 0.15) is 0 Å². The molecule has 1 atom stereocenters. The van der Waals surface area contributed by atoms with Crippen LogP contribution in [0.2, 0.25) is 0 Å². The zero-order valence-electron chi connectivity index (χ0n) is 11.5. The van der Waals surface area contributed by atoms with Crippen LogP contribution >= 0.6 is 11.3 Å². The van der Waals surface area contributed by atoms with Crippen molar-refractivity contribution < 1.29 is 0 Å². The van der Waals surface area contributed by atoms with Gasteiger partial charge < -0.3 is 5.73 Å². The zero-order chi connectivity index (χ0) is 13.3. The lowest BCUT2D eigenvalue weighted by Gasteiger charge is -2.27. The van der Waals surface area contributed by atoms with E-state index in [1.807, 2.05) is 0 Å². The van der Waals surface area contributed by atoms with E-state index >= 15 is 0 Å². The van der Waals surface area contributed by atoms with Crippen LogP contribution in [0.1, 0.15) is 41.3 Å². The Balaban J connectivity index is 1.88. The van der Waals surface area contributed by atoms with E-state index in [4.69, 9.17) is 5.73 Å². The molecule has 1 aromatic carbocycles. The Bertz CT molecular complexity index is 555. The summed E-state index contributed by atoms with van der Waals surface area (Å²) < 4.78 is 0. The van der Waals surface area contributed by atoms with Crippen molar-refractivity contribution in [1.82, 2.24) is 0 Å². The lowest BCUT2D eigenvalue weighted by molar-refractivity contribution is 0.494. The molecular weight excluding hydrogens is 250 g/mol. The molecule has 1 nitrogen and oxygen atoms in total. The maximum Gasteiger partial charge on any atom is 0.0429 e. The fraction of sp³-hybridized carbons (Fsp3) is 0.412. The normalized spacial score (nSPS) is 17.8. The standard InChI is InChI=1S/C17H21NS/c1-17(18,12-16-7-4-10-19-16)15-9-8-13-5-2-3-6-14(13)11-15/h4,7-11H,2-3,5-6,12,18H2,1H3. The van der Waals surface area contributed by atoms with Gasteiger partial charge in [-0.1, -0.05) is 24.3 Å². The number of rotatable bonds is 3. The predicted molar refractivity (Wildman–Crippen MR) is 82.6 cm³/mol. The van der Waals surface area contributed by atoms with E-state index in [2.05, 4.69) is 42.6 Å². The first kappa shape index (κ1) is 12.9. The molecule has 3 rings (SSSR count). The van der Waals surface area contributed by atoms with Gasteiger partial charge >= 0.3 is 0 Å². The Morgan fingerprint density at radius 1 is 1.16 bits per heavy atom. The molecule has 1 aliphatic rings. The molecule has 0 aliphatic heterocycles. The largest absolute Gasteiger partial charge is 0.321 e. The third-order valence-corrected chi connectivity index (χ3v) is 5.01. The second-order valence-corrected chi connectivity index (χ2v) is 6.90. The van der Waals surface area contributed by atoms with Gasteiger partial charge in [0, 0.05) is 16.8 Å². The summed E-state index contributed by atoms with van der Waals surface area (Å²) in [6.45, 7) is 2.15. The van der Waals surface area contributed by atoms with Crippen molar-refractivity contribution in [3.63, 3.8) is 0 Å². The van der Waals surface area contributed by atoms with Gasteiger partial charge in [-0.15, -0.1) is 11.3 Å². The third kappa shape index (κ3) is 2.75. The highest BCUT2D eigenvalue weighted by molar-refractivity contribution is 7.09. The first-order valence-electron chi connectivity index (χ1n) is 7.09. The summed E-state index contributed by atoms with van der Waals surface area (Å²) in [6.07, 6.45) is 6.04. The molecule has 1 unspecified atom stereocenters. The molecular formula is C17H21NS. The van der Waals surface area contributed by atoms with Crippen molar-refractivity contribution in [3.8, 4) is 0 Å². The van der Waals surface area contributed by atoms with E-state index in [0.717, 1.165) is 6.42 Å². The van der Waals surface area contributed by atoms with E-state index < -0.39 is 0 Å². The van der Waals surface area contributed by atoms with Gasteiger partial charge in [-0.25, -0.2) is 0 Å². The summed E-state index contributed by atoms with van der Waals surface area (Å²) in [7, 11) is 0. The van der Waals surface area contributed by atoms with Crippen LogP contribution in [0.5, 0.6) is 0 Å². The lowest BCUT2D eigenvalue weighted by atomic mass is 9.83. The molecule has 1 aliphatic carbocycles. The Hall–Kier alpha value is -1.12. The van der Waals surface area contributed by atoms with Crippen molar-refractivity contribution in [2.24, 2.45) is 5.73 Å². The minimum absolute atomic E-state index is 0.267. The summed E-state index contributed by atoms with van der Waals surface area (Å²) in [6, 6.07) is 11.2. The smallest absolute Gasteiger partial charge is 0.0429 e. The summed E-state index contributed by atoms with van der Waals surface area (Å²) >= 11 is 1.79. The number of hydrogen-bond donors (Lipinski definition) is 1. The van der Waals surface area contributed by atoms with E-state index in [1.54, 1.807) is 11.3 Å². The maximum atomic E-state index is 6.57. The first-order valence-corrected chi connectivity index (χ1v) is 7.97. The van der Waals surface area contributed by atoms with Gasteiger partial charge in [0.05, 0.1) is 0 Å². The van der Waals surface area contributed by atoms with Crippen LogP contribution in [0.3, 0.4) is 0 Å². The van der Waals surface area contributed by atoms with Crippen LogP contribution in [0, 0.1) is 0 Å². The van der Waals surface area contributed by atoms with Crippen molar-refractivity contribution in [2.75, 3.05) is 0 Å². The van der Waals surface area contributed by atoms with E-state index in [-0.39, 0.29) is 5.54 Å². The number of benzene rings is 1. The van der Waals surface area contributed by atoms with Crippen molar-refractivity contribution in [2.45, 2.75) is 44.6 Å². The monoisotopic (exact) mass is 271 g/mol. The molecule has 0 fully saturated rings. The highest BCUT2D eigenvalue weighted by atomic mass is 32.1. The molecule has 0 amide bonds. The minimum Gasteiger partial charge on any atom is -0.321 e. The van der Waals surface area contributed by atoms with E-state index in [1.165, 1.54) is 47.3 Å². The molecule has 19 heavy (non-hydrogen) atoms. The molecule has 2 N–H and O–H groups in total. The molecule has 1 aromatic heterocycles. The lowest BCUT2D eigenvalue weighted by Crippen LogP contribution is -2.35. The summed E-state index contributed by atoms with van der Waals surface area (Å²) in [4.78, 5) is 1.36. The molecule has 0 spiro atoms. The highest BCUT2D eigenvalue weighted by Crippen LogP contribution is 2.29. The molecule has 1 heterocycles. The van der Waals surface area contributed by atoms with E-state index in [9.17, 15) is 0 Å². The van der Waals surface area contributed by atoms with Crippen LogP contribution in [-0.2, 0) is 24.8 Å². The Morgan fingerprint density at radius 3 is 2.68 bits per heavy atom. The van der Waals surface area contributed by atoms with Gasteiger partial charge in [0.25, 0.3) is 0 Å². The van der Waals surface area contributed by atoms with Gasteiger partial charge in [0.2, 0.25) is 0 Å². The van der Waals surface area contributed by atoms with Crippen molar-refractivity contribution in [3.05, 3.63) is 57.3 Å². The van der Waals surface area contributed by atoms with Crippen LogP contribution < -0.4 is 5.73 Å². The van der Waals surface area contributed by atoms with E-state index in [0.29, 0.717) is 0 Å². The van der Waals surface area contributed by atoms with Gasteiger partial charge in [-0.05, 0) is 60.7 Å². The molecule has 0 radical (unpaired) electrons. The molecule has 100 valence electrons. The Kier molecular flexibility index (Phi) is 3.46. The SMILES string of the molecule is CC(N)(Cc1cccs1)c1ccc2c(c1)CCCC2. The minimum atomic E-state index is -0.267. The number of thiophene rings is 1. The fourth-order valence-corrected chi connectivity index (χ4v) is 3.84. The topological polar surface area (TPSA) is 26.0 Å². The van der Waals surface area contributed by atoms with Gasteiger partial charge in [0.15, 0.2) is 0 Å². The molecule has 2 aromatic rings. The van der Waals surface area contributed by atoms with Crippen LogP contribution in [0.25, 0.3) is 0 Å². The molecule has 2 heteroatoms. The van der Waals surface area contributed by atoms with Crippen molar-refractivity contribution in [1.29, 1.82) is 0 Å². The van der Waals surface area contributed by atoms with Crippen LogP contribution in [-0.4, -0.2) is 0 Å². The Morgan fingerprint density at radius 2 is 1.95 bits per heavy atom. The predicted octanol–water partition coefficient (Wildman–Crippen LogP) is 4.04. The average molecular weight is 271 g/mol. The second-order valence-electron chi connectivity index (χ2n) is 5.86. The molecule has 0 bridgehead atoms. The molecule has 0 saturated heterocycles. The third-order valence-electron chi connectivity index (χ3n) is 4.13. The van der Waals surface area contributed by atoms with Gasteiger partial charge in [-0.2, -0.15) is 0 Å². The number of nitrogens with two attached hydrogens (primary N) is 1. The fourth-order valence-electron chi connectivity index (χ4n) is 2.97. The molecule has 0 saturated carbocycles. The number of fused-ring (bicyclic) bond motifs is 1. The van der Waals surface area contributed by atoms with Crippen LogP contribution in [0.4, 0.5) is 0 Å². The second kappa shape index (κ2) is 5.10. The number of hydrogen-bond acceptors (Lipinski definition) is 2. The Labute approximate surface area is 119 Å². The zero-order valence-corrected chi connectivity index (χ0v) is 12.3. The highest BCUT2D eigenvalue weighted by Gasteiger charge is 2.23. The quantitative estimate of drug-likeness (QED) is 0.895. The van der Waals surface area contributed by atoms with Gasteiger partial charge in [-0.3, -0.25) is 0 Å². The maximum absolute atomic E-state index is 6.57. The summed E-state index contributed by atoms with van der Waals surface area (Å²) in [5.41, 5.74) is 10.6. The number of aryl methyl sites for hydroxylation is 2.